The first-order valence-corrected chi connectivity index (χ1v) is 10.8. The molecule has 146 valence electrons. The molecule has 2 aliphatic rings. The maximum absolute atomic E-state index is 6.08. The summed E-state index contributed by atoms with van der Waals surface area (Å²) in [6.45, 7) is 5.74. The number of aryl methyl sites for hydroxylation is 1. The van der Waals surface area contributed by atoms with Crippen molar-refractivity contribution in [2.24, 2.45) is 11.8 Å². The Morgan fingerprint density at radius 3 is 2.19 bits per heavy atom. The lowest BCUT2D eigenvalue weighted by Gasteiger charge is -2.32. The summed E-state index contributed by atoms with van der Waals surface area (Å²) < 4.78 is 11.3. The zero-order valence-corrected chi connectivity index (χ0v) is 16.6. The lowest BCUT2D eigenvalue weighted by atomic mass is 9.90. The van der Waals surface area contributed by atoms with E-state index in [1.165, 1.54) is 76.6 Å². The van der Waals surface area contributed by atoms with E-state index in [1.54, 1.807) is 7.11 Å². The highest BCUT2D eigenvalue weighted by molar-refractivity contribution is 5.27. The van der Waals surface area contributed by atoms with Gasteiger partial charge in [0.05, 0.1) is 7.11 Å². The highest BCUT2D eigenvalue weighted by atomic mass is 16.5. The predicted octanol–water partition coefficient (Wildman–Crippen LogP) is 4.94. The zero-order valence-electron chi connectivity index (χ0n) is 16.6. The van der Waals surface area contributed by atoms with Crippen LogP contribution < -0.4 is 4.74 Å². The molecule has 1 saturated carbocycles. The molecule has 1 saturated heterocycles. The van der Waals surface area contributed by atoms with E-state index in [0.29, 0.717) is 0 Å². The number of methoxy groups -OCH3 is 1. The average molecular weight is 360 g/mol. The van der Waals surface area contributed by atoms with Gasteiger partial charge >= 0.3 is 0 Å². The minimum atomic E-state index is 0.788. The van der Waals surface area contributed by atoms with Gasteiger partial charge in [0.1, 0.15) is 5.75 Å². The third-order valence-corrected chi connectivity index (χ3v) is 6.24. The standard InChI is InChI=1S/C23H37NO2/c1-25-23-11-9-20(10-12-23)8-5-15-24-16-13-22(14-17-24)19-26-18-21-6-3-2-4-7-21/h9-12,21-22H,2-8,13-19H2,1H3. The molecule has 1 aromatic carbocycles. The molecule has 26 heavy (non-hydrogen) atoms. The number of nitrogens with zero attached hydrogens (tertiary/aromatic N) is 1. The topological polar surface area (TPSA) is 21.7 Å². The van der Waals surface area contributed by atoms with Gasteiger partial charge in [-0.05, 0) is 87.7 Å². The van der Waals surface area contributed by atoms with Gasteiger partial charge in [-0.25, -0.2) is 0 Å². The number of piperidine rings is 1. The Balaban J connectivity index is 1.24. The number of hydrogen-bond acceptors (Lipinski definition) is 3. The van der Waals surface area contributed by atoms with E-state index in [2.05, 4.69) is 29.2 Å². The molecule has 1 heterocycles. The summed E-state index contributed by atoms with van der Waals surface area (Å²) in [6.07, 6.45) is 12.1. The van der Waals surface area contributed by atoms with Gasteiger partial charge in [0.2, 0.25) is 0 Å². The van der Waals surface area contributed by atoms with Crippen molar-refractivity contribution in [1.82, 2.24) is 4.90 Å². The van der Waals surface area contributed by atoms with Gasteiger partial charge in [-0.3, -0.25) is 0 Å². The second-order valence-electron chi connectivity index (χ2n) is 8.28. The third-order valence-electron chi connectivity index (χ3n) is 6.24. The minimum Gasteiger partial charge on any atom is -0.497 e. The van der Waals surface area contributed by atoms with Crippen molar-refractivity contribution >= 4 is 0 Å². The van der Waals surface area contributed by atoms with E-state index in [0.717, 1.165) is 37.2 Å². The smallest absolute Gasteiger partial charge is 0.118 e. The first kappa shape index (κ1) is 19.7. The summed E-state index contributed by atoms with van der Waals surface area (Å²) in [7, 11) is 1.72. The van der Waals surface area contributed by atoms with Gasteiger partial charge in [-0.15, -0.1) is 0 Å². The molecule has 1 aromatic rings. The van der Waals surface area contributed by atoms with Crippen LogP contribution in [0, 0.1) is 11.8 Å². The molecule has 1 aliphatic heterocycles. The number of rotatable bonds is 9. The Morgan fingerprint density at radius 2 is 1.54 bits per heavy atom. The van der Waals surface area contributed by atoms with Crippen LogP contribution in [0.25, 0.3) is 0 Å². The quantitative estimate of drug-likeness (QED) is 0.623. The first-order chi connectivity index (χ1) is 12.8. The van der Waals surface area contributed by atoms with Crippen molar-refractivity contribution in [3.8, 4) is 5.75 Å². The fourth-order valence-electron chi connectivity index (χ4n) is 4.43. The van der Waals surface area contributed by atoms with Crippen LogP contribution in [0.5, 0.6) is 5.75 Å². The lowest BCUT2D eigenvalue weighted by molar-refractivity contribution is 0.0397. The second kappa shape index (κ2) is 10.9. The van der Waals surface area contributed by atoms with Crippen LogP contribution in [-0.2, 0) is 11.2 Å². The van der Waals surface area contributed by atoms with E-state index in [1.807, 2.05) is 0 Å². The molecule has 2 fully saturated rings. The minimum absolute atomic E-state index is 0.788. The van der Waals surface area contributed by atoms with Gasteiger partial charge in [0, 0.05) is 13.2 Å². The van der Waals surface area contributed by atoms with E-state index in [-0.39, 0.29) is 0 Å². The van der Waals surface area contributed by atoms with Crippen molar-refractivity contribution < 1.29 is 9.47 Å². The summed E-state index contributed by atoms with van der Waals surface area (Å²) in [5, 5.41) is 0. The lowest BCUT2D eigenvalue weighted by Crippen LogP contribution is -2.36. The molecule has 0 bridgehead atoms. The van der Waals surface area contributed by atoms with Crippen LogP contribution in [0.1, 0.15) is 56.9 Å². The summed E-state index contributed by atoms with van der Waals surface area (Å²) in [4.78, 5) is 2.64. The van der Waals surface area contributed by atoms with Gasteiger partial charge in [-0.1, -0.05) is 31.4 Å². The van der Waals surface area contributed by atoms with Crippen LogP contribution >= 0.6 is 0 Å². The number of ether oxygens (including phenoxy) is 2. The molecule has 0 atom stereocenters. The number of benzene rings is 1. The van der Waals surface area contributed by atoms with Crippen molar-refractivity contribution in [1.29, 1.82) is 0 Å². The highest BCUT2D eigenvalue weighted by Crippen LogP contribution is 2.25. The van der Waals surface area contributed by atoms with E-state index in [9.17, 15) is 0 Å². The monoisotopic (exact) mass is 359 g/mol. The molecular formula is C23H37NO2. The van der Waals surface area contributed by atoms with Gasteiger partial charge < -0.3 is 14.4 Å². The fraction of sp³-hybridized carbons (Fsp3) is 0.739. The van der Waals surface area contributed by atoms with E-state index < -0.39 is 0 Å². The predicted molar refractivity (Wildman–Crippen MR) is 108 cm³/mol. The van der Waals surface area contributed by atoms with Crippen molar-refractivity contribution in [2.45, 2.75) is 57.8 Å². The molecule has 0 aromatic heterocycles. The molecular weight excluding hydrogens is 322 g/mol. The Bertz CT molecular complexity index is 487. The van der Waals surface area contributed by atoms with Crippen molar-refractivity contribution in [3.05, 3.63) is 29.8 Å². The molecule has 0 radical (unpaired) electrons. The van der Waals surface area contributed by atoms with Crippen molar-refractivity contribution in [2.75, 3.05) is 40.0 Å². The van der Waals surface area contributed by atoms with Crippen LogP contribution in [0.3, 0.4) is 0 Å². The Morgan fingerprint density at radius 1 is 0.885 bits per heavy atom. The maximum Gasteiger partial charge on any atom is 0.118 e. The van der Waals surface area contributed by atoms with E-state index >= 15 is 0 Å². The van der Waals surface area contributed by atoms with Crippen LogP contribution in [-0.4, -0.2) is 44.9 Å². The third kappa shape index (κ3) is 6.59. The Labute approximate surface area is 160 Å². The molecule has 0 spiro atoms. The van der Waals surface area contributed by atoms with Crippen LogP contribution in [0.4, 0.5) is 0 Å². The molecule has 3 nitrogen and oxygen atoms in total. The number of likely N-dealkylation sites (tertiary alicyclic amines) is 1. The fourth-order valence-corrected chi connectivity index (χ4v) is 4.43. The van der Waals surface area contributed by atoms with Crippen LogP contribution in [0.2, 0.25) is 0 Å². The van der Waals surface area contributed by atoms with Gasteiger partial charge in [0.15, 0.2) is 0 Å². The highest BCUT2D eigenvalue weighted by Gasteiger charge is 2.20. The zero-order chi connectivity index (χ0) is 18.0. The molecule has 0 unspecified atom stereocenters. The molecule has 3 rings (SSSR count). The summed E-state index contributed by atoms with van der Waals surface area (Å²) in [5.74, 6) is 2.58. The summed E-state index contributed by atoms with van der Waals surface area (Å²) in [5.41, 5.74) is 1.41. The SMILES string of the molecule is COc1ccc(CCCN2CCC(COCC3CCCCC3)CC2)cc1. The first-order valence-electron chi connectivity index (χ1n) is 10.8. The molecule has 0 N–H and O–H groups in total. The van der Waals surface area contributed by atoms with Crippen molar-refractivity contribution in [3.63, 3.8) is 0 Å². The van der Waals surface area contributed by atoms with Gasteiger partial charge in [-0.2, -0.15) is 0 Å². The Hall–Kier alpha value is -1.06. The average Bonchev–Trinajstić information content (AvgIpc) is 2.70. The second-order valence-corrected chi connectivity index (χ2v) is 8.28. The van der Waals surface area contributed by atoms with Gasteiger partial charge in [0.25, 0.3) is 0 Å². The molecule has 3 heteroatoms. The summed E-state index contributed by atoms with van der Waals surface area (Å²) in [6, 6.07) is 8.51. The maximum atomic E-state index is 6.08. The number of hydrogen-bond donors (Lipinski definition) is 0. The largest absolute Gasteiger partial charge is 0.497 e. The molecule has 0 amide bonds. The Kier molecular flexibility index (Phi) is 8.28. The summed E-state index contributed by atoms with van der Waals surface area (Å²) >= 11 is 0. The normalized spacial score (nSPS) is 20.3. The van der Waals surface area contributed by atoms with Crippen LogP contribution in [0.15, 0.2) is 24.3 Å². The van der Waals surface area contributed by atoms with E-state index in [4.69, 9.17) is 9.47 Å². The molecule has 1 aliphatic carbocycles.